The van der Waals surface area contributed by atoms with Crippen molar-refractivity contribution in [3.63, 3.8) is 0 Å². The lowest BCUT2D eigenvalue weighted by Crippen LogP contribution is -2.07. The third-order valence-corrected chi connectivity index (χ3v) is 4.64. The van der Waals surface area contributed by atoms with Crippen molar-refractivity contribution in [2.45, 2.75) is 24.7 Å². The Balaban J connectivity index is 1.78. The molecule has 0 atom stereocenters. The van der Waals surface area contributed by atoms with E-state index in [4.69, 9.17) is 8.92 Å². The molecule has 0 bridgehead atoms. The zero-order valence-electron chi connectivity index (χ0n) is 13.8. The Bertz CT molecular complexity index is 810. The van der Waals surface area contributed by atoms with Gasteiger partial charge in [0.15, 0.2) is 0 Å². The van der Waals surface area contributed by atoms with Crippen molar-refractivity contribution in [2.75, 3.05) is 13.7 Å². The molecule has 0 spiro atoms. The molecule has 0 aliphatic rings. The zero-order valence-corrected chi connectivity index (χ0v) is 14.6. The molecule has 5 heteroatoms. The summed E-state index contributed by atoms with van der Waals surface area (Å²) in [5, 5.41) is 0. The molecule has 0 saturated carbocycles. The van der Waals surface area contributed by atoms with Crippen LogP contribution < -0.4 is 4.74 Å². The number of benzene rings is 2. The molecule has 24 heavy (non-hydrogen) atoms. The van der Waals surface area contributed by atoms with Crippen LogP contribution in [0.4, 0.5) is 0 Å². The molecule has 0 N–H and O–H groups in total. The highest BCUT2D eigenvalue weighted by molar-refractivity contribution is 7.86. The normalized spacial score (nSPS) is 10.8. The van der Waals surface area contributed by atoms with Crippen LogP contribution in [0.5, 0.6) is 5.75 Å². The van der Waals surface area contributed by atoms with Crippen LogP contribution in [-0.4, -0.2) is 22.1 Å². The molecule has 2 aromatic rings. The molecular weight excluding hydrogens is 324 g/mol. The van der Waals surface area contributed by atoms with Gasteiger partial charge in [-0.15, -0.1) is 0 Å². The summed E-state index contributed by atoms with van der Waals surface area (Å²) in [5.74, 6) is 6.82. The van der Waals surface area contributed by atoms with Crippen LogP contribution in [0, 0.1) is 18.8 Å². The van der Waals surface area contributed by atoms with Gasteiger partial charge in [0.25, 0.3) is 10.1 Å². The first-order valence-electron chi connectivity index (χ1n) is 7.60. The van der Waals surface area contributed by atoms with Gasteiger partial charge in [0.2, 0.25) is 0 Å². The SMILES string of the molecule is COc1ccc(C#CCCCOS(=O)(=O)c2ccc(C)cc2)cc1. The standard InChI is InChI=1S/C19H20O4S/c1-16-7-13-19(14-8-16)24(20,21)23-15-5-3-4-6-17-9-11-18(22-2)12-10-17/h7-14H,3,5,15H2,1-2H3. The molecule has 0 heterocycles. The molecule has 2 rings (SSSR count). The summed E-state index contributed by atoms with van der Waals surface area (Å²) in [5.41, 5.74) is 1.90. The van der Waals surface area contributed by atoms with E-state index in [0.717, 1.165) is 16.9 Å². The number of ether oxygens (including phenoxy) is 1. The fraction of sp³-hybridized carbons (Fsp3) is 0.263. The van der Waals surface area contributed by atoms with Gasteiger partial charge in [-0.2, -0.15) is 8.42 Å². The highest BCUT2D eigenvalue weighted by Crippen LogP contribution is 2.13. The number of aryl methyl sites for hydroxylation is 1. The molecule has 0 radical (unpaired) electrons. The van der Waals surface area contributed by atoms with Gasteiger partial charge in [0.1, 0.15) is 5.75 Å². The van der Waals surface area contributed by atoms with E-state index in [-0.39, 0.29) is 11.5 Å². The molecule has 0 saturated heterocycles. The number of hydrogen-bond donors (Lipinski definition) is 0. The molecule has 0 aliphatic heterocycles. The van der Waals surface area contributed by atoms with Crippen LogP contribution in [0.2, 0.25) is 0 Å². The van der Waals surface area contributed by atoms with E-state index in [9.17, 15) is 8.42 Å². The number of hydrogen-bond acceptors (Lipinski definition) is 4. The lowest BCUT2D eigenvalue weighted by molar-refractivity contribution is 0.314. The lowest BCUT2D eigenvalue weighted by atomic mass is 10.2. The number of rotatable bonds is 6. The maximum atomic E-state index is 12.0. The van der Waals surface area contributed by atoms with Crippen LogP contribution in [0.25, 0.3) is 0 Å². The highest BCUT2D eigenvalue weighted by Gasteiger charge is 2.13. The van der Waals surface area contributed by atoms with Crippen LogP contribution in [0.3, 0.4) is 0 Å². The molecular formula is C19H20O4S. The molecule has 0 unspecified atom stereocenters. The van der Waals surface area contributed by atoms with Gasteiger partial charge in [-0.1, -0.05) is 29.5 Å². The molecule has 0 amide bonds. The Labute approximate surface area is 143 Å². The molecule has 0 aliphatic carbocycles. The summed E-state index contributed by atoms with van der Waals surface area (Å²) in [7, 11) is -2.07. The van der Waals surface area contributed by atoms with E-state index in [0.29, 0.717) is 12.8 Å². The second kappa shape index (κ2) is 8.53. The first-order valence-corrected chi connectivity index (χ1v) is 9.01. The maximum Gasteiger partial charge on any atom is 0.296 e. The molecule has 0 fully saturated rings. The second-order valence-electron chi connectivity index (χ2n) is 5.22. The van der Waals surface area contributed by atoms with Gasteiger partial charge >= 0.3 is 0 Å². The van der Waals surface area contributed by atoms with E-state index >= 15 is 0 Å². The summed E-state index contributed by atoms with van der Waals surface area (Å²) >= 11 is 0. The van der Waals surface area contributed by atoms with E-state index in [2.05, 4.69) is 11.8 Å². The predicted molar refractivity (Wildman–Crippen MR) is 93.4 cm³/mol. The summed E-state index contributed by atoms with van der Waals surface area (Å²) in [4.78, 5) is 0.178. The van der Waals surface area contributed by atoms with E-state index in [1.807, 2.05) is 31.2 Å². The minimum atomic E-state index is -3.69. The minimum absolute atomic E-state index is 0.119. The van der Waals surface area contributed by atoms with Crippen molar-refractivity contribution in [1.82, 2.24) is 0 Å². The van der Waals surface area contributed by atoms with Crippen molar-refractivity contribution in [2.24, 2.45) is 0 Å². The van der Waals surface area contributed by atoms with Crippen molar-refractivity contribution >= 4 is 10.1 Å². The fourth-order valence-corrected chi connectivity index (χ4v) is 2.88. The third kappa shape index (κ3) is 5.41. The van der Waals surface area contributed by atoms with Crippen LogP contribution in [0.15, 0.2) is 53.4 Å². The summed E-state index contributed by atoms with van der Waals surface area (Å²) in [6.45, 7) is 2.02. The quantitative estimate of drug-likeness (QED) is 0.457. The van der Waals surface area contributed by atoms with Crippen molar-refractivity contribution in [3.8, 4) is 17.6 Å². The Morgan fingerprint density at radius 1 is 1.00 bits per heavy atom. The molecule has 4 nitrogen and oxygen atoms in total. The lowest BCUT2D eigenvalue weighted by Gasteiger charge is -2.04. The molecule has 0 aromatic heterocycles. The average Bonchev–Trinajstić information content (AvgIpc) is 2.59. The summed E-state index contributed by atoms with van der Waals surface area (Å²) < 4.78 is 34.1. The summed E-state index contributed by atoms with van der Waals surface area (Å²) in [6, 6.07) is 14.0. The monoisotopic (exact) mass is 344 g/mol. The average molecular weight is 344 g/mol. The Morgan fingerprint density at radius 3 is 2.29 bits per heavy atom. The topological polar surface area (TPSA) is 52.6 Å². The predicted octanol–water partition coefficient (Wildman–Crippen LogP) is 3.54. The van der Waals surface area contributed by atoms with Crippen molar-refractivity contribution < 1.29 is 17.3 Å². The smallest absolute Gasteiger partial charge is 0.296 e. The third-order valence-electron chi connectivity index (χ3n) is 3.32. The second-order valence-corrected chi connectivity index (χ2v) is 6.84. The highest BCUT2D eigenvalue weighted by atomic mass is 32.2. The first-order chi connectivity index (χ1) is 11.5. The van der Waals surface area contributed by atoms with E-state index in [1.54, 1.807) is 31.4 Å². The summed E-state index contributed by atoms with van der Waals surface area (Å²) in [6.07, 6.45) is 1.11. The largest absolute Gasteiger partial charge is 0.497 e. The Morgan fingerprint density at radius 2 is 1.67 bits per heavy atom. The fourth-order valence-electron chi connectivity index (χ4n) is 1.94. The van der Waals surface area contributed by atoms with E-state index < -0.39 is 10.1 Å². The first kappa shape index (κ1) is 18.1. The minimum Gasteiger partial charge on any atom is -0.497 e. The number of unbranched alkanes of at least 4 members (excludes halogenated alkanes) is 1. The number of methoxy groups -OCH3 is 1. The van der Waals surface area contributed by atoms with Gasteiger partial charge in [-0.3, -0.25) is 4.18 Å². The van der Waals surface area contributed by atoms with Crippen LogP contribution in [-0.2, 0) is 14.3 Å². The molecule has 126 valence electrons. The molecule has 2 aromatic carbocycles. The maximum absolute atomic E-state index is 12.0. The zero-order chi connectivity index (χ0) is 17.4. The van der Waals surface area contributed by atoms with Gasteiger partial charge in [0.05, 0.1) is 18.6 Å². The van der Waals surface area contributed by atoms with Crippen molar-refractivity contribution in [3.05, 3.63) is 59.7 Å². The van der Waals surface area contributed by atoms with Gasteiger partial charge < -0.3 is 4.74 Å². The van der Waals surface area contributed by atoms with Gasteiger partial charge in [-0.25, -0.2) is 0 Å². The van der Waals surface area contributed by atoms with E-state index in [1.165, 1.54) is 0 Å². The van der Waals surface area contributed by atoms with Gasteiger partial charge in [-0.05, 0) is 49.7 Å². The Kier molecular flexibility index (Phi) is 6.42. The van der Waals surface area contributed by atoms with Gasteiger partial charge in [0, 0.05) is 12.0 Å². The van der Waals surface area contributed by atoms with Crippen LogP contribution >= 0.6 is 0 Å². The van der Waals surface area contributed by atoms with Crippen LogP contribution in [0.1, 0.15) is 24.0 Å². The Hall–Kier alpha value is -2.29. The van der Waals surface area contributed by atoms with Crippen molar-refractivity contribution in [1.29, 1.82) is 0 Å².